The molecule has 0 N–H and O–H groups in total. The molecule has 1 amide bonds. The van der Waals surface area contributed by atoms with Crippen LogP contribution in [0.3, 0.4) is 0 Å². The molecule has 23 heavy (non-hydrogen) atoms. The molecule has 2 heterocycles. The van der Waals surface area contributed by atoms with Crippen LogP contribution in [-0.2, 0) is 11.3 Å². The second-order valence-electron chi connectivity index (χ2n) is 5.04. The fraction of sp³-hybridized carbons (Fsp3) is 0.235. The number of carbonyl (C=O) groups is 1. The Kier molecular flexibility index (Phi) is 4.63. The Morgan fingerprint density at radius 3 is 2.78 bits per heavy atom. The number of methoxy groups -OCH3 is 1. The van der Waals surface area contributed by atoms with E-state index < -0.39 is 0 Å². The minimum absolute atomic E-state index is 0.197. The molecule has 0 bridgehead atoms. The Bertz CT molecular complexity index is 787. The highest BCUT2D eigenvalue weighted by molar-refractivity contribution is 5.93. The maximum atomic E-state index is 12.7. The maximum Gasteiger partial charge on any atom is 0.274 e. The second-order valence-corrected chi connectivity index (χ2v) is 5.04. The van der Waals surface area contributed by atoms with Gasteiger partial charge in [0.05, 0.1) is 36.6 Å². The highest BCUT2D eigenvalue weighted by Crippen LogP contribution is 2.12. The Labute approximate surface area is 133 Å². The normalized spacial score (nSPS) is 10.8. The fourth-order valence-corrected chi connectivity index (χ4v) is 2.27. The lowest BCUT2D eigenvalue weighted by Gasteiger charge is -2.20. The molecular weight excluding hydrogens is 294 g/mol. The topological polar surface area (TPSA) is 68.5 Å². The number of benzene rings is 1. The van der Waals surface area contributed by atoms with Crippen LogP contribution in [0.15, 0.2) is 53.3 Å². The molecule has 6 nitrogen and oxygen atoms in total. The van der Waals surface area contributed by atoms with E-state index in [1.165, 1.54) is 6.20 Å². The summed E-state index contributed by atoms with van der Waals surface area (Å²) in [5, 5.41) is 0. The molecule has 0 unspecified atom stereocenters. The van der Waals surface area contributed by atoms with Crippen LogP contribution in [0, 0.1) is 0 Å². The Morgan fingerprint density at radius 2 is 2.04 bits per heavy atom. The van der Waals surface area contributed by atoms with Crippen LogP contribution >= 0.6 is 0 Å². The summed E-state index contributed by atoms with van der Waals surface area (Å²) < 4.78 is 10.4. The van der Waals surface area contributed by atoms with Gasteiger partial charge >= 0.3 is 0 Å². The number of aromatic nitrogens is 2. The van der Waals surface area contributed by atoms with Crippen LogP contribution < -0.4 is 0 Å². The number of hydrogen-bond donors (Lipinski definition) is 0. The van der Waals surface area contributed by atoms with Gasteiger partial charge in [0.2, 0.25) is 0 Å². The molecule has 3 rings (SSSR count). The summed E-state index contributed by atoms with van der Waals surface area (Å²) >= 11 is 0. The molecule has 2 aromatic heterocycles. The summed E-state index contributed by atoms with van der Waals surface area (Å²) in [4.78, 5) is 23.1. The van der Waals surface area contributed by atoms with E-state index in [4.69, 9.17) is 9.15 Å². The third kappa shape index (κ3) is 3.54. The lowest BCUT2D eigenvalue weighted by atomic mass is 10.2. The van der Waals surface area contributed by atoms with Crippen molar-refractivity contribution in [3.63, 3.8) is 0 Å². The van der Waals surface area contributed by atoms with Crippen LogP contribution in [0.2, 0.25) is 0 Å². The van der Waals surface area contributed by atoms with E-state index in [0.717, 1.165) is 5.52 Å². The van der Waals surface area contributed by atoms with E-state index in [-0.39, 0.29) is 5.91 Å². The van der Waals surface area contributed by atoms with Crippen LogP contribution in [-0.4, -0.2) is 41.0 Å². The first kappa shape index (κ1) is 15.2. The van der Waals surface area contributed by atoms with Crippen LogP contribution in [0.1, 0.15) is 16.2 Å². The summed E-state index contributed by atoms with van der Waals surface area (Å²) in [6.07, 6.45) is 3.09. The molecule has 1 aromatic carbocycles. The quantitative estimate of drug-likeness (QED) is 0.699. The highest BCUT2D eigenvalue weighted by Gasteiger charge is 2.19. The van der Waals surface area contributed by atoms with Gasteiger partial charge in [0.1, 0.15) is 11.5 Å². The monoisotopic (exact) mass is 311 g/mol. The van der Waals surface area contributed by atoms with Crippen molar-refractivity contribution in [1.29, 1.82) is 0 Å². The smallest absolute Gasteiger partial charge is 0.274 e. The number of fused-ring (bicyclic) bond motifs is 1. The lowest BCUT2D eigenvalue weighted by Crippen LogP contribution is -2.34. The molecule has 3 aromatic rings. The Balaban J connectivity index is 1.85. The number of carbonyl (C=O) groups excluding carboxylic acids is 1. The standard InChI is InChI=1S/C17H17N3O3/c1-22-10-8-20(12-13-5-4-9-23-13)17(21)16-11-18-14-6-2-3-7-15(14)19-16/h2-7,9,11H,8,10,12H2,1H3. The van der Waals surface area contributed by atoms with Gasteiger partial charge in [-0.25, -0.2) is 4.98 Å². The molecule has 0 fully saturated rings. The van der Waals surface area contributed by atoms with E-state index in [2.05, 4.69) is 9.97 Å². The Hall–Kier alpha value is -2.73. The molecule has 0 aliphatic rings. The van der Waals surface area contributed by atoms with E-state index in [1.54, 1.807) is 24.3 Å². The molecule has 0 radical (unpaired) electrons. The fourth-order valence-electron chi connectivity index (χ4n) is 2.27. The average Bonchev–Trinajstić information content (AvgIpc) is 3.10. The predicted octanol–water partition coefficient (Wildman–Crippen LogP) is 2.51. The molecule has 0 atom stereocenters. The second kappa shape index (κ2) is 7.02. The van der Waals surface area contributed by atoms with Gasteiger partial charge in [-0.05, 0) is 24.3 Å². The van der Waals surface area contributed by atoms with Crippen molar-refractivity contribution in [2.75, 3.05) is 20.3 Å². The number of nitrogens with zero attached hydrogens (tertiary/aromatic N) is 3. The van der Waals surface area contributed by atoms with Crippen molar-refractivity contribution in [3.05, 3.63) is 60.3 Å². The van der Waals surface area contributed by atoms with E-state index in [9.17, 15) is 4.79 Å². The summed E-state index contributed by atoms with van der Waals surface area (Å²) in [6.45, 7) is 1.25. The van der Waals surface area contributed by atoms with E-state index >= 15 is 0 Å². The zero-order chi connectivity index (χ0) is 16.1. The lowest BCUT2D eigenvalue weighted by molar-refractivity contribution is 0.0661. The van der Waals surface area contributed by atoms with Gasteiger partial charge in [-0.2, -0.15) is 0 Å². The zero-order valence-electron chi connectivity index (χ0n) is 12.8. The predicted molar refractivity (Wildman–Crippen MR) is 84.9 cm³/mol. The zero-order valence-corrected chi connectivity index (χ0v) is 12.8. The van der Waals surface area contributed by atoms with Crippen molar-refractivity contribution in [1.82, 2.24) is 14.9 Å². The third-order valence-corrected chi connectivity index (χ3v) is 3.45. The first-order valence-electron chi connectivity index (χ1n) is 7.30. The highest BCUT2D eigenvalue weighted by atomic mass is 16.5. The SMILES string of the molecule is COCCN(Cc1ccco1)C(=O)c1cnc2ccccc2n1. The van der Waals surface area contributed by atoms with Gasteiger partial charge in [0.25, 0.3) is 5.91 Å². The molecule has 0 aliphatic heterocycles. The van der Waals surface area contributed by atoms with Crippen LogP contribution in [0.25, 0.3) is 11.0 Å². The number of amides is 1. The largest absolute Gasteiger partial charge is 0.467 e. The number of furan rings is 1. The maximum absolute atomic E-state index is 12.7. The van der Waals surface area contributed by atoms with Gasteiger partial charge in [-0.15, -0.1) is 0 Å². The first-order chi connectivity index (χ1) is 11.3. The van der Waals surface area contributed by atoms with Crippen molar-refractivity contribution >= 4 is 16.9 Å². The molecule has 0 saturated heterocycles. The van der Waals surface area contributed by atoms with Crippen LogP contribution in [0.5, 0.6) is 0 Å². The summed E-state index contributed by atoms with van der Waals surface area (Å²) in [5.74, 6) is 0.514. The molecule has 0 aliphatic carbocycles. The van der Waals surface area contributed by atoms with Gasteiger partial charge in [-0.3, -0.25) is 9.78 Å². The summed E-state index contributed by atoms with van der Waals surface area (Å²) in [5.41, 5.74) is 1.77. The minimum Gasteiger partial charge on any atom is -0.467 e. The molecule has 118 valence electrons. The Morgan fingerprint density at radius 1 is 1.22 bits per heavy atom. The van der Waals surface area contributed by atoms with Gasteiger partial charge in [0.15, 0.2) is 0 Å². The summed E-state index contributed by atoms with van der Waals surface area (Å²) in [7, 11) is 1.60. The molecule has 6 heteroatoms. The van der Waals surface area contributed by atoms with E-state index in [1.807, 2.05) is 30.3 Å². The number of hydrogen-bond acceptors (Lipinski definition) is 5. The van der Waals surface area contributed by atoms with Gasteiger partial charge < -0.3 is 14.1 Å². The number of para-hydroxylation sites is 2. The van der Waals surface area contributed by atoms with Crippen molar-refractivity contribution in [2.45, 2.75) is 6.54 Å². The van der Waals surface area contributed by atoms with Gasteiger partial charge in [0, 0.05) is 13.7 Å². The van der Waals surface area contributed by atoms with Crippen molar-refractivity contribution < 1.29 is 13.9 Å². The number of ether oxygens (including phenoxy) is 1. The first-order valence-corrected chi connectivity index (χ1v) is 7.30. The third-order valence-electron chi connectivity index (χ3n) is 3.45. The van der Waals surface area contributed by atoms with E-state index in [0.29, 0.717) is 36.7 Å². The average molecular weight is 311 g/mol. The minimum atomic E-state index is -0.197. The molecule has 0 spiro atoms. The molecular formula is C17H17N3O3. The van der Waals surface area contributed by atoms with Crippen molar-refractivity contribution in [2.24, 2.45) is 0 Å². The molecule has 0 saturated carbocycles. The van der Waals surface area contributed by atoms with Crippen molar-refractivity contribution in [3.8, 4) is 0 Å². The van der Waals surface area contributed by atoms with Gasteiger partial charge in [-0.1, -0.05) is 12.1 Å². The van der Waals surface area contributed by atoms with Crippen LogP contribution in [0.4, 0.5) is 0 Å². The number of rotatable bonds is 6. The summed E-state index contributed by atoms with van der Waals surface area (Å²) in [6, 6.07) is 11.1.